The Morgan fingerprint density at radius 1 is 1.57 bits per heavy atom. The summed E-state index contributed by atoms with van der Waals surface area (Å²) < 4.78 is 0. The number of carboxylic acid groups (broad SMARTS) is 1. The summed E-state index contributed by atoms with van der Waals surface area (Å²) in [5.74, 6) is -1.58. The molecular weight excluding hydrogens is 188 g/mol. The molecule has 0 bridgehead atoms. The quantitative estimate of drug-likeness (QED) is 0.423. The molecule has 1 rings (SSSR count). The van der Waals surface area contributed by atoms with E-state index in [1.54, 1.807) is 0 Å². The third-order valence-corrected chi connectivity index (χ3v) is 2.05. The van der Waals surface area contributed by atoms with Crippen LogP contribution < -0.4 is 10.6 Å². The van der Waals surface area contributed by atoms with Crippen LogP contribution in [0, 0.1) is 0 Å². The minimum atomic E-state index is -1.27. The maximum absolute atomic E-state index is 11.3. The molecule has 0 aromatic rings. The van der Waals surface area contributed by atoms with Gasteiger partial charge in [-0.15, -0.1) is 6.58 Å². The highest BCUT2D eigenvalue weighted by Gasteiger charge is 2.43. The lowest BCUT2D eigenvalue weighted by molar-refractivity contribution is -0.137. The fourth-order valence-electron chi connectivity index (χ4n) is 1.23. The number of carbonyl (C=O) groups is 3. The van der Waals surface area contributed by atoms with Gasteiger partial charge in [-0.2, -0.15) is 0 Å². The Hall–Kier alpha value is -1.85. The maximum Gasteiger partial charge on any atom is 0.322 e. The second-order valence-corrected chi connectivity index (χ2v) is 2.98. The average Bonchev–Trinajstić information content (AvgIpc) is 2.38. The monoisotopic (exact) mass is 198 g/mol. The maximum atomic E-state index is 11.3. The number of aliphatic carboxylic acids is 1. The van der Waals surface area contributed by atoms with Gasteiger partial charge in [-0.1, -0.05) is 6.08 Å². The third-order valence-electron chi connectivity index (χ3n) is 2.05. The Morgan fingerprint density at radius 2 is 2.21 bits per heavy atom. The fourth-order valence-corrected chi connectivity index (χ4v) is 1.23. The van der Waals surface area contributed by atoms with Crippen LogP contribution in [0.4, 0.5) is 4.79 Å². The minimum absolute atomic E-state index is 0.00338. The molecule has 76 valence electrons. The van der Waals surface area contributed by atoms with E-state index in [2.05, 4.69) is 11.9 Å². The Morgan fingerprint density at radius 3 is 2.57 bits per heavy atom. The number of nitrogens with one attached hydrogen (secondary N) is 2. The first-order chi connectivity index (χ1) is 6.50. The van der Waals surface area contributed by atoms with E-state index in [1.807, 2.05) is 5.32 Å². The number of carboxylic acids is 1. The van der Waals surface area contributed by atoms with Gasteiger partial charge in [-0.25, -0.2) is 4.79 Å². The van der Waals surface area contributed by atoms with Crippen molar-refractivity contribution < 1.29 is 19.5 Å². The van der Waals surface area contributed by atoms with Gasteiger partial charge in [0.2, 0.25) is 0 Å². The van der Waals surface area contributed by atoms with Crippen LogP contribution in [0.5, 0.6) is 0 Å². The lowest BCUT2D eigenvalue weighted by Crippen LogP contribution is -2.45. The van der Waals surface area contributed by atoms with Gasteiger partial charge in [0.25, 0.3) is 5.91 Å². The molecule has 0 aliphatic carbocycles. The fraction of sp³-hybridized carbons (Fsp3) is 0.375. The molecule has 0 unspecified atom stereocenters. The summed E-state index contributed by atoms with van der Waals surface area (Å²) in [6.45, 7) is 3.41. The zero-order valence-electron chi connectivity index (χ0n) is 7.37. The highest BCUT2D eigenvalue weighted by atomic mass is 16.4. The number of imide groups is 1. The lowest BCUT2D eigenvalue weighted by Gasteiger charge is -2.20. The standard InChI is InChI=1S/C8H10N2O4/c1-2-8(4-3-5(11)12)6(13)9-7(14)10-8/h2H,1,3-4H2,(H,11,12)(H2,9,10,13,14)/t8-/m1/s1. The summed E-state index contributed by atoms with van der Waals surface area (Å²) in [5, 5.41) is 12.8. The lowest BCUT2D eigenvalue weighted by atomic mass is 9.94. The van der Waals surface area contributed by atoms with E-state index in [0.717, 1.165) is 0 Å². The van der Waals surface area contributed by atoms with Crippen LogP contribution in [0.25, 0.3) is 0 Å². The van der Waals surface area contributed by atoms with Crippen molar-refractivity contribution in [3.63, 3.8) is 0 Å². The number of carbonyl (C=O) groups excluding carboxylic acids is 2. The molecule has 14 heavy (non-hydrogen) atoms. The topological polar surface area (TPSA) is 95.5 Å². The van der Waals surface area contributed by atoms with Gasteiger partial charge in [0.15, 0.2) is 0 Å². The predicted molar refractivity (Wildman–Crippen MR) is 46.5 cm³/mol. The summed E-state index contributed by atoms with van der Waals surface area (Å²) in [7, 11) is 0. The smallest absolute Gasteiger partial charge is 0.322 e. The highest BCUT2D eigenvalue weighted by molar-refractivity contribution is 6.08. The van der Waals surface area contributed by atoms with E-state index in [-0.39, 0.29) is 12.8 Å². The van der Waals surface area contributed by atoms with Crippen molar-refractivity contribution in [3.05, 3.63) is 12.7 Å². The predicted octanol–water partition coefficient (Wildman–Crippen LogP) is -0.385. The van der Waals surface area contributed by atoms with E-state index in [0.29, 0.717) is 0 Å². The molecule has 3 N–H and O–H groups in total. The number of hydrogen-bond donors (Lipinski definition) is 3. The third kappa shape index (κ3) is 1.73. The molecule has 1 fully saturated rings. The van der Waals surface area contributed by atoms with Gasteiger partial charge in [-0.05, 0) is 6.42 Å². The molecule has 1 atom stereocenters. The summed E-state index contributed by atoms with van der Waals surface area (Å²) in [4.78, 5) is 32.4. The van der Waals surface area contributed by atoms with E-state index in [1.165, 1.54) is 6.08 Å². The zero-order chi connectivity index (χ0) is 10.8. The van der Waals surface area contributed by atoms with E-state index in [4.69, 9.17) is 5.11 Å². The summed E-state index contributed by atoms with van der Waals surface area (Å²) in [6, 6.07) is -0.625. The van der Waals surface area contributed by atoms with E-state index in [9.17, 15) is 14.4 Å². The Balaban J connectivity index is 2.76. The Kier molecular flexibility index (Phi) is 2.55. The normalized spacial score (nSPS) is 25.4. The first kappa shape index (κ1) is 10.2. The van der Waals surface area contributed by atoms with Crippen molar-refractivity contribution in [2.75, 3.05) is 0 Å². The molecule has 6 heteroatoms. The summed E-state index contributed by atoms with van der Waals surface area (Å²) in [5.41, 5.74) is -1.27. The molecule has 0 radical (unpaired) electrons. The summed E-state index contributed by atoms with van der Waals surface area (Å²) >= 11 is 0. The van der Waals surface area contributed by atoms with Crippen LogP contribution in [0.1, 0.15) is 12.8 Å². The molecule has 1 saturated heterocycles. The Labute approximate surface area is 80.0 Å². The SMILES string of the molecule is C=C[C@]1(CCC(=O)O)NC(=O)NC1=O. The molecule has 1 aliphatic rings. The number of rotatable bonds is 4. The number of hydrogen-bond acceptors (Lipinski definition) is 3. The number of urea groups is 1. The first-order valence-corrected chi connectivity index (χ1v) is 3.99. The number of amides is 3. The molecule has 0 aromatic heterocycles. The van der Waals surface area contributed by atoms with Crippen LogP contribution in [0.2, 0.25) is 0 Å². The molecule has 0 saturated carbocycles. The van der Waals surface area contributed by atoms with Gasteiger partial charge in [0, 0.05) is 6.42 Å². The van der Waals surface area contributed by atoms with Crippen LogP contribution >= 0.6 is 0 Å². The van der Waals surface area contributed by atoms with Crippen molar-refractivity contribution in [2.45, 2.75) is 18.4 Å². The zero-order valence-corrected chi connectivity index (χ0v) is 7.37. The van der Waals surface area contributed by atoms with Crippen molar-refractivity contribution in [2.24, 2.45) is 0 Å². The van der Waals surface area contributed by atoms with Crippen LogP contribution in [0.3, 0.4) is 0 Å². The average molecular weight is 198 g/mol. The van der Waals surface area contributed by atoms with E-state index < -0.39 is 23.4 Å². The van der Waals surface area contributed by atoms with Crippen molar-refractivity contribution in [1.82, 2.24) is 10.6 Å². The van der Waals surface area contributed by atoms with Gasteiger partial charge >= 0.3 is 12.0 Å². The molecule has 6 nitrogen and oxygen atoms in total. The molecule has 1 heterocycles. The van der Waals surface area contributed by atoms with Crippen LogP contribution in [-0.2, 0) is 9.59 Å². The highest BCUT2D eigenvalue weighted by Crippen LogP contribution is 2.18. The van der Waals surface area contributed by atoms with Gasteiger partial charge in [-0.3, -0.25) is 14.9 Å². The van der Waals surface area contributed by atoms with Crippen LogP contribution in [-0.4, -0.2) is 28.6 Å². The molecule has 0 spiro atoms. The van der Waals surface area contributed by atoms with Gasteiger partial charge < -0.3 is 10.4 Å². The van der Waals surface area contributed by atoms with E-state index >= 15 is 0 Å². The second kappa shape index (κ2) is 3.49. The largest absolute Gasteiger partial charge is 0.481 e. The van der Waals surface area contributed by atoms with Gasteiger partial charge in [0.1, 0.15) is 5.54 Å². The second-order valence-electron chi connectivity index (χ2n) is 2.98. The van der Waals surface area contributed by atoms with Crippen molar-refractivity contribution in [1.29, 1.82) is 0 Å². The molecular formula is C8H10N2O4. The van der Waals surface area contributed by atoms with Gasteiger partial charge in [0.05, 0.1) is 0 Å². The minimum Gasteiger partial charge on any atom is -0.481 e. The Bertz CT molecular complexity index is 312. The van der Waals surface area contributed by atoms with Crippen LogP contribution in [0.15, 0.2) is 12.7 Å². The first-order valence-electron chi connectivity index (χ1n) is 3.99. The summed E-state index contributed by atoms with van der Waals surface area (Å²) in [6.07, 6.45) is 1.04. The molecule has 3 amide bonds. The molecule has 0 aromatic carbocycles. The van der Waals surface area contributed by atoms with Crippen molar-refractivity contribution >= 4 is 17.9 Å². The van der Waals surface area contributed by atoms with Crippen molar-refractivity contribution in [3.8, 4) is 0 Å². The molecule has 1 aliphatic heterocycles.